The highest BCUT2D eigenvalue weighted by molar-refractivity contribution is 9.10. The molecule has 2 heterocycles. The molecule has 6 heteroatoms. The summed E-state index contributed by atoms with van der Waals surface area (Å²) < 4.78 is 2.26. The molecule has 2 N–H and O–H groups in total. The van der Waals surface area contributed by atoms with Crippen molar-refractivity contribution in [2.45, 2.75) is 12.5 Å². The van der Waals surface area contributed by atoms with E-state index in [0.29, 0.717) is 15.1 Å². The molecule has 0 radical (unpaired) electrons. The molecule has 2 aromatic rings. The molecule has 2 aromatic heterocycles. The van der Waals surface area contributed by atoms with Gasteiger partial charge in [-0.15, -0.1) is 11.3 Å². The number of thiophene rings is 1. The Labute approximate surface area is 122 Å². The highest BCUT2D eigenvalue weighted by Crippen LogP contribution is 2.35. The van der Waals surface area contributed by atoms with Gasteiger partial charge in [0.1, 0.15) is 0 Å². The van der Waals surface area contributed by atoms with E-state index in [9.17, 15) is 0 Å². The van der Waals surface area contributed by atoms with Gasteiger partial charge in [-0.3, -0.25) is 4.98 Å². The minimum atomic E-state index is -0.164. The summed E-state index contributed by atoms with van der Waals surface area (Å²) in [5.41, 5.74) is 8.06. The van der Waals surface area contributed by atoms with Crippen molar-refractivity contribution in [1.29, 1.82) is 0 Å². The van der Waals surface area contributed by atoms with E-state index in [1.165, 1.54) is 11.3 Å². The monoisotopic (exact) mass is 350 g/mol. The molecule has 0 spiro atoms. The van der Waals surface area contributed by atoms with Crippen molar-refractivity contribution in [3.8, 4) is 0 Å². The third kappa shape index (κ3) is 3.42. The first-order chi connectivity index (χ1) is 8.06. The van der Waals surface area contributed by atoms with Crippen molar-refractivity contribution in [3.05, 3.63) is 48.8 Å². The highest BCUT2D eigenvalue weighted by atomic mass is 79.9. The number of hydrogen-bond acceptors (Lipinski definition) is 3. The smallest absolute Gasteiger partial charge is 0.0992 e. The summed E-state index contributed by atoms with van der Waals surface area (Å²) in [5, 5.41) is 0. The Morgan fingerprint density at radius 2 is 2.12 bits per heavy atom. The molecule has 1 atom stereocenters. The maximum atomic E-state index is 6.11. The second-order valence-corrected chi connectivity index (χ2v) is 6.80. The van der Waals surface area contributed by atoms with Gasteiger partial charge in [-0.1, -0.05) is 23.2 Å². The fourth-order valence-corrected chi connectivity index (χ4v) is 3.55. The molecule has 17 heavy (non-hydrogen) atoms. The van der Waals surface area contributed by atoms with E-state index in [1.807, 2.05) is 12.1 Å². The summed E-state index contributed by atoms with van der Waals surface area (Å²) in [6.45, 7) is 0. The summed E-state index contributed by atoms with van der Waals surface area (Å²) in [6.07, 6.45) is 4.22. The van der Waals surface area contributed by atoms with Crippen LogP contribution in [0.5, 0.6) is 0 Å². The van der Waals surface area contributed by atoms with Crippen molar-refractivity contribution in [1.82, 2.24) is 4.98 Å². The molecule has 0 aliphatic carbocycles. The average Bonchev–Trinajstić information content (AvgIpc) is 2.58. The van der Waals surface area contributed by atoms with E-state index in [1.54, 1.807) is 12.4 Å². The van der Waals surface area contributed by atoms with Crippen LogP contribution in [0.15, 0.2) is 29.0 Å². The third-order valence-corrected chi connectivity index (χ3v) is 4.25. The predicted molar refractivity (Wildman–Crippen MR) is 76.9 cm³/mol. The van der Waals surface area contributed by atoms with Gasteiger partial charge in [0.2, 0.25) is 0 Å². The van der Waals surface area contributed by atoms with Crippen LogP contribution < -0.4 is 5.73 Å². The molecule has 0 aliphatic rings. The lowest BCUT2D eigenvalue weighted by molar-refractivity contribution is 0.722. The Bertz CT molecular complexity index is 530. The third-order valence-electron chi connectivity index (χ3n) is 2.30. The van der Waals surface area contributed by atoms with Crippen molar-refractivity contribution >= 4 is 50.5 Å². The standard InChI is InChI=1S/C11H9BrCl2N2S/c12-7-1-6(4-16-5-7)2-9(15)8-3-10(13)17-11(8)14/h1,3-5,9H,2,15H2. The zero-order chi connectivity index (χ0) is 12.4. The molecule has 0 aromatic carbocycles. The van der Waals surface area contributed by atoms with Crippen molar-refractivity contribution < 1.29 is 0 Å². The fourth-order valence-electron chi connectivity index (χ4n) is 1.54. The van der Waals surface area contributed by atoms with Gasteiger partial charge < -0.3 is 5.73 Å². The van der Waals surface area contributed by atoms with Gasteiger partial charge in [0.15, 0.2) is 0 Å². The molecule has 2 nitrogen and oxygen atoms in total. The summed E-state index contributed by atoms with van der Waals surface area (Å²) >= 11 is 16.7. The topological polar surface area (TPSA) is 38.9 Å². The van der Waals surface area contributed by atoms with Crippen LogP contribution in [0.4, 0.5) is 0 Å². The number of nitrogens with zero attached hydrogens (tertiary/aromatic N) is 1. The van der Waals surface area contributed by atoms with E-state index >= 15 is 0 Å². The van der Waals surface area contributed by atoms with Crippen LogP contribution in [0.3, 0.4) is 0 Å². The van der Waals surface area contributed by atoms with Crippen LogP contribution in [-0.2, 0) is 6.42 Å². The van der Waals surface area contributed by atoms with Gasteiger partial charge in [-0.2, -0.15) is 0 Å². The van der Waals surface area contributed by atoms with Crippen LogP contribution in [0, 0.1) is 0 Å². The first-order valence-corrected chi connectivity index (χ1v) is 7.22. The molecule has 90 valence electrons. The van der Waals surface area contributed by atoms with Crippen LogP contribution in [0.25, 0.3) is 0 Å². The SMILES string of the molecule is NC(Cc1cncc(Br)c1)c1cc(Cl)sc1Cl. The molecule has 0 aliphatic heterocycles. The number of nitrogens with two attached hydrogens (primary N) is 1. The minimum absolute atomic E-state index is 0.164. The van der Waals surface area contributed by atoms with Crippen molar-refractivity contribution in [3.63, 3.8) is 0 Å². The lowest BCUT2D eigenvalue weighted by atomic mass is 10.0. The normalized spacial score (nSPS) is 12.7. The largest absolute Gasteiger partial charge is 0.324 e. The summed E-state index contributed by atoms with van der Waals surface area (Å²) in [6, 6.07) is 3.65. The van der Waals surface area contributed by atoms with Crippen molar-refractivity contribution in [2.24, 2.45) is 5.73 Å². The number of rotatable bonds is 3. The molecule has 0 fully saturated rings. The average molecular weight is 352 g/mol. The lowest BCUT2D eigenvalue weighted by Gasteiger charge is -2.10. The molecular formula is C11H9BrCl2N2S. The highest BCUT2D eigenvalue weighted by Gasteiger charge is 2.14. The quantitative estimate of drug-likeness (QED) is 0.886. The Kier molecular flexibility index (Phi) is 4.44. The van der Waals surface area contributed by atoms with E-state index in [2.05, 4.69) is 20.9 Å². The Hall–Kier alpha value is -0.130. The molecule has 1 unspecified atom stereocenters. The van der Waals surface area contributed by atoms with Crippen LogP contribution >= 0.6 is 50.5 Å². The van der Waals surface area contributed by atoms with E-state index in [0.717, 1.165) is 15.6 Å². The summed E-state index contributed by atoms with van der Waals surface area (Å²) in [7, 11) is 0. The minimum Gasteiger partial charge on any atom is -0.324 e. The number of halogens is 3. The number of hydrogen-bond donors (Lipinski definition) is 1. The molecule has 0 amide bonds. The van der Waals surface area contributed by atoms with E-state index in [4.69, 9.17) is 28.9 Å². The summed E-state index contributed by atoms with van der Waals surface area (Å²) in [5.74, 6) is 0. The molecule has 2 rings (SSSR count). The Balaban J connectivity index is 2.16. The predicted octanol–water partition coefficient (Wildman–Crippen LogP) is 4.45. The second kappa shape index (κ2) is 5.67. The molecule has 0 saturated carbocycles. The second-order valence-electron chi connectivity index (χ2n) is 3.60. The van der Waals surface area contributed by atoms with Crippen LogP contribution in [0.1, 0.15) is 17.2 Å². The van der Waals surface area contributed by atoms with Gasteiger partial charge >= 0.3 is 0 Å². The van der Waals surface area contributed by atoms with Crippen molar-refractivity contribution in [2.75, 3.05) is 0 Å². The first-order valence-electron chi connectivity index (χ1n) is 4.86. The van der Waals surface area contributed by atoms with Gasteiger partial charge in [0, 0.05) is 28.5 Å². The maximum Gasteiger partial charge on any atom is 0.0992 e. The van der Waals surface area contributed by atoms with Gasteiger partial charge in [-0.25, -0.2) is 0 Å². The van der Waals surface area contributed by atoms with E-state index in [-0.39, 0.29) is 6.04 Å². The maximum absolute atomic E-state index is 6.11. The van der Waals surface area contributed by atoms with E-state index < -0.39 is 0 Å². The molecular weight excluding hydrogens is 343 g/mol. The Morgan fingerprint density at radius 1 is 1.35 bits per heavy atom. The zero-order valence-corrected chi connectivity index (χ0v) is 12.6. The Morgan fingerprint density at radius 3 is 2.71 bits per heavy atom. The number of pyridine rings is 1. The van der Waals surface area contributed by atoms with Crippen LogP contribution in [0.2, 0.25) is 8.67 Å². The van der Waals surface area contributed by atoms with Gasteiger partial charge in [0.25, 0.3) is 0 Å². The molecule has 0 saturated heterocycles. The lowest BCUT2D eigenvalue weighted by Crippen LogP contribution is -2.13. The van der Waals surface area contributed by atoms with Gasteiger partial charge in [0.05, 0.1) is 8.67 Å². The number of aromatic nitrogens is 1. The fraction of sp³-hybridized carbons (Fsp3) is 0.182. The van der Waals surface area contributed by atoms with Gasteiger partial charge in [-0.05, 0) is 40.0 Å². The van der Waals surface area contributed by atoms with Crippen LogP contribution in [-0.4, -0.2) is 4.98 Å². The zero-order valence-electron chi connectivity index (χ0n) is 8.66. The molecule has 0 bridgehead atoms. The summed E-state index contributed by atoms with van der Waals surface area (Å²) in [4.78, 5) is 4.10. The first kappa shape index (κ1) is 13.3.